The van der Waals surface area contributed by atoms with Gasteiger partial charge in [0.2, 0.25) is 5.43 Å². The van der Waals surface area contributed by atoms with E-state index in [2.05, 4.69) is 23.9 Å². The van der Waals surface area contributed by atoms with E-state index in [0.29, 0.717) is 22.0 Å². The lowest BCUT2D eigenvalue weighted by molar-refractivity contribution is -0.142. The molecule has 200 valence electrons. The normalized spacial score (nSPS) is 10.1. The van der Waals surface area contributed by atoms with Crippen LogP contribution >= 0.6 is 0 Å². The summed E-state index contributed by atoms with van der Waals surface area (Å²) in [5, 5.41) is 0.913. The smallest absolute Gasteiger partial charge is 0.419 e. The van der Waals surface area contributed by atoms with Crippen LogP contribution in [-0.4, -0.2) is 41.9 Å². The maximum Gasteiger partial charge on any atom is 0.419 e. The molecule has 0 unspecified atom stereocenters. The van der Waals surface area contributed by atoms with Gasteiger partial charge in [-0.05, 0) is 52.0 Å². The number of rotatable bonds is 3. The second kappa shape index (κ2) is 12.9. The maximum absolute atomic E-state index is 12.2. The molecule has 2 aromatic carbocycles. The molecule has 0 saturated carbocycles. The lowest BCUT2D eigenvalue weighted by Crippen LogP contribution is -2.19. The summed E-state index contributed by atoms with van der Waals surface area (Å²) in [7, 11) is 2.52. The van der Waals surface area contributed by atoms with Gasteiger partial charge in [0, 0.05) is 16.6 Å². The molecule has 0 spiro atoms. The van der Waals surface area contributed by atoms with Gasteiger partial charge < -0.3 is 18.9 Å². The number of benzene rings is 2. The van der Waals surface area contributed by atoms with Crippen LogP contribution in [0.15, 0.2) is 55.2 Å². The number of H-pyrrole nitrogens is 2. The molecule has 0 aliphatic heterocycles. The van der Waals surface area contributed by atoms with Crippen LogP contribution in [0, 0.1) is 20.8 Å². The molecule has 2 N–H and O–H groups in total. The van der Waals surface area contributed by atoms with Gasteiger partial charge in [0.25, 0.3) is 0 Å². The van der Waals surface area contributed by atoms with E-state index in [1.54, 1.807) is 25.1 Å². The van der Waals surface area contributed by atoms with Gasteiger partial charge in [0.1, 0.15) is 17.8 Å². The predicted molar refractivity (Wildman–Crippen MR) is 141 cm³/mol. The van der Waals surface area contributed by atoms with Gasteiger partial charge in [-0.3, -0.25) is 19.4 Å². The topological polar surface area (TPSA) is 166 Å². The molecular formula is C27H28N2O9. The third-order valence-corrected chi connectivity index (χ3v) is 5.17. The SMILES string of the molecule is COC(=O)CC(C)=O.COC(=O)c1c(C)[nH]c2ccc(C)cc2c1=O.Cc1ccc2[nH]c(=O)oc(=O)c2c1. The first-order chi connectivity index (χ1) is 17.9. The number of Topliss-reactive ketones (excluding diaryl/α,β-unsaturated/α-hetero) is 1. The summed E-state index contributed by atoms with van der Waals surface area (Å²) in [6.07, 6.45) is -0.115. The number of hydrogen-bond donors (Lipinski definition) is 2. The molecule has 0 atom stereocenters. The highest BCUT2D eigenvalue weighted by Crippen LogP contribution is 2.13. The highest BCUT2D eigenvalue weighted by atomic mass is 16.5. The molecule has 38 heavy (non-hydrogen) atoms. The van der Waals surface area contributed by atoms with Gasteiger partial charge in [0.15, 0.2) is 0 Å². The molecule has 4 rings (SSSR count). The summed E-state index contributed by atoms with van der Waals surface area (Å²) in [6.45, 7) is 6.80. The van der Waals surface area contributed by atoms with Crippen molar-refractivity contribution in [2.24, 2.45) is 0 Å². The van der Waals surface area contributed by atoms with Crippen LogP contribution in [0.5, 0.6) is 0 Å². The predicted octanol–water partition coefficient (Wildman–Crippen LogP) is 2.86. The van der Waals surface area contributed by atoms with Crippen LogP contribution in [0.3, 0.4) is 0 Å². The van der Waals surface area contributed by atoms with Crippen molar-refractivity contribution in [3.8, 4) is 0 Å². The molecule has 11 heteroatoms. The van der Waals surface area contributed by atoms with Crippen molar-refractivity contribution in [1.29, 1.82) is 0 Å². The fraction of sp³-hybridized carbons (Fsp3) is 0.259. The molecule has 0 saturated heterocycles. The van der Waals surface area contributed by atoms with Gasteiger partial charge in [-0.25, -0.2) is 14.4 Å². The number of carbonyl (C=O) groups excluding carboxylic acids is 3. The molecule has 0 fully saturated rings. The Labute approximate surface area is 216 Å². The first kappa shape index (κ1) is 29.4. The van der Waals surface area contributed by atoms with Crippen molar-refractivity contribution in [1.82, 2.24) is 9.97 Å². The van der Waals surface area contributed by atoms with Crippen LogP contribution in [0.1, 0.15) is 40.5 Å². The van der Waals surface area contributed by atoms with Gasteiger partial charge in [-0.1, -0.05) is 23.3 Å². The van der Waals surface area contributed by atoms with Gasteiger partial charge in [-0.2, -0.15) is 0 Å². The van der Waals surface area contributed by atoms with Crippen molar-refractivity contribution in [2.75, 3.05) is 14.2 Å². The lowest BCUT2D eigenvalue weighted by Gasteiger charge is -2.06. The number of pyridine rings is 1. The Kier molecular flexibility index (Phi) is 10.0. The van der Waals surface area contributed by atoms with E-state index in [9.17, 15) is 28.8 Å². The Morgan fingerprint density at radius 1 is 0.816 bits per heavy atom. The number of aromatic nitrogens is 2. The second-order valence-electron chi connectivity index (χ2n) is 8.30. The summed E-state index contributed by atoms with van der Waals surface area (Å²) in [5.41, 5.74) is 2.88. The fourth-order valence-corrected chi connectivity index (χ4v) is 3.36. The molecular weight excluding hydrogens is 496 g/mol. The number of aryl methyl sites for hydroxylation is 3. The average molecular weight is 525 g/mol. The number of fused-ring (bicyclic) bond motifs is 2. The average Bonchev–Trinajstić information content (AvgIpc) is 2.85. The van der Waals surface area contributed by atoms with Crippen LogP contribution in [0.25, 0.3) is 21.8 Å². The number of methoxy groups -OCH3 is 2. The molecule has 2 heterocycles. The number of ketones is 1. The zero-order valence-corrected chi connectivity index (χ0v) is 21.8. The molecule has 4 aromatic rings. The molecule has 2 aromatic heterocycles. The van der Waals surface area contributed by atoms with Crippen molar-refractivity contribution >= 4 is 39.5 Å². The molecule has 11 nitrogen and oxygen atoms in total. The van der Waals surface area contributed by atoms with E-state index >= 15 is 0 Å². The van der Waals surface area contributed by atoms with Crippen molar-refractivity contribution in [3.05, 3.63) is 90.0 Å². The van der Waals surface area contributed by atoms with Crippen LogP contribution in [0.4, 0.5) is 0 Å². The Balaban J connectivity index is 0.000000215. The van der Waals surface area contributed by atoms with Gasteiger partial charge >= 0.3 is 23.3 Å². The number of carbonyl (C=O) groups is 3. The third kappa shape index (κ3) is 7.60. The van der Waals surface area contributed by atoms with Crippen molar-refractivity contribution in [2.45, 2.75) is 34.1 Å². The first-order valence-electron chi connectivity index (χ1n) is 11.3. The minimum Gasteiger partial charge on any atom is -0.469 e. The van der Waals surface area contributed by atoms with E-state index in [-0.39, 0.29) is 23.2 Å². The van der Waals surface area contributed by atoms with Crippen LogP contribution in [-0.2, 0) is 19.1 Å². The summed E-state index contributed by atoms with van der Waals surface area (Å²) in [5.74, 6) is -1.97. The molecule has 0 amide bonds. The van der Waals surface area contributed by atoms with E-state index in [4.69, 9.17) is 0 Å². The fourth-order valence-electron chi connectivity index (χ4n) is 3.36. The third-order valence-electron chi connectivity index (χ3n) is 5.17. The Bertz CT molecular complexity index is 1680. The van der Waals surface area contributed by atoms with Crippen molar-refractivity contribution < 1.29 is 28.3 Å². The van der Waals surface area contributed by atoms with E-state index in [1.807, 2.05) is 32.0 Å². The second-order valence-corrected chi connectivity index (χ2v) is 8.30. The highest BCUT2D eigenvalue weighted by Gasteiger charge is 2.16. The monoisotopic (exact) mass is 524 g/mol. The minimum absolute atomic E-state index is 0.0746. The lowest BCUT2D eigenvalue weighted by atomic mass is 10.1. The summed E-state index contributed by atoms with van der Waals surface area (Å²) in [4.78, 5) is 71.4. The van der Waals surface area contributed by atoms with E-state index in [1.165, 1.54) is 21.1 Å². The summed E-state index contributed by atoms with van der Waals surface area (Å²) >= 11 is 0. The first-order valence-corrected chi connectivity index (χ1v) is 11.3. The number of aromatic amines is 2. The van der Waals surface area contributed by atoms with E-state index in [0.717, 1.165) is 16.6 Å². The Hall–Kier alpha value is -4.80. The molecule has 0 aliphatic carbocycles. The van der Waals surface area contributed by atoms with Gasteiger partial charge in [0.05, 0.1) is 25.1 Å². The van der Waals surface area contributed by atoms with Crippen molar-refractivity contribution in [3.63, 3.8) is 0 Å². The van der Waals surface area contributed by atoms with Gasteiger partial charge in [-0.15, -0.1) is 0 Å². The summed E-state index contributed by atoms with van der Waals surface area (Å²) < 4.78 is 13.2. The molecule has 0 bridgehead atoms. The van der Waals surface area contributed by atoms with Crippen LogP contribution in [0.2, 0.25) is 0 Å². The standard InChI is InChI=1S/C13H13NO3.C9H7NO3.C5H8O3/c1-7-4-5-10-9(6-7)12(15)11(8(2)14-10)13(16)17-3;1-5-2-3-7-6(4-5)8(11)13-9(12)10-7;1-4(6)3-5(7)8-2/h4-6H,1-3H3,(H,14,15);2-4H,1H3,(H,10,12);3H2,1-2H3. The summed E-state index contributed by atoms with van der Waals surface area (Å²) in [6, 6.07) is 10.7. The number of ether oxygens (including phenoxy) is 2. The Morgan fingerprint density at radius 3 is 1.87 bits per heavy atom. The van der Waals surface area contributed by atoms with E-state index < -0.39 is 23.3 Å². The van der Waals surface area contributed by atoms with Crippen LogP contribution < -0.4 is 16.8 Å². The zero-order valence-electron chi connectivity index (χ0n) is 21.8. The molecule has 0 radical (unpaired) electrons. The maximum atomic E-state index is 12.2. The number of hydrogen-bond acceptors (Lipinski definition) is 9. The number of nitrogens with one attached hydrogen (secondary N) is 2. The minimum atomic E-state index is -0.721. The highest BCUT2D eigenvalue weighted by molar-refractivity contribution is 5.95. The largest absolute Gasteiger partial charge is 0.469 e. The molecule has 0 aliphatic rings. The Morgan fingerprint density at radius 2 is 1.37 bits per heavy atom. The quantitative estimate of drug-likeness (QED) is 0.303. The zero-order chi connectivity index (χ0) is 28.6. The number of esters is 2.